The van der Waals surface area contributed by atoms with Gasteiger partial charge in [-0.1, -0.05) is 23.7 Å². The summed E-state index contributed by atoms with van der Waals surface area (Å²) in [5, 5.41) is 7.01. The number of aromatic nitrogens is 4. The number of nitrogens with zero attached hydrogens (tertiary/aromatic N) is 3. The predicted octanol–water partition coefficient (Wildman–Crippen LogP) is 8.38. The number of H-pyrrole nitrogens is 1. The molecule has 1 fully saturated rings. The van der Waals surface area contributed by atoms with Crippen LogP contribution in [0, 0.1) is 12.7 Å². The molecule has 1 aliphatic carbocycles. The maximum atomic E-state index is 13.5. The number of hydrogen-bond acceptors (Lipinski definition) is 7. The van der Waals surface area contributed by atoms with E-state index in [1.807, 2.05) is 29.8 Å². The molecule has 0 aliphatic heterocycles. The number of methoxy groups -OCH3 is 1. The van der Waals surface area contributed by atoms with Crippen molar-refractivity contribution in [2.75, 3.05) is 25.6 Å². The Morgan fingerprint density at radius 3 is 2.70 bits per heavy atom. The molecule has 1 aliphatic rings. The van der Waals surface area contributed by atoms with Gasteiger partial charge in [0.15, 0.2) is 0 Å². The molecule has 7 rings (SSSR count). The van der Waals surface area contributed by atoms with Crippen LogP contribution in [0.4, 0.5) is 16.0 Å². The number of halogens is 2. The predicted molar refractivity (Wildman–Crippen MR) is 174 cm³/mol. The number of anilines is 2. The lowest BCUT2D eigenvalue weighted by Gasteiger charge is -2.04. The van der Waals surface area contributed by atoms with Crippen LogP contribution in [-0.2, 0) is 11.3 Å². The average Bonchev–Trinajstić information content (AvgIpc) is 3.64. The van der Waals surface area contributed by atoms with Crippen LogP contribution in [0.3, 0.4) is 0 Å². The highest BCUT2D eigenvalue weighted by Gasteiger charge is 2.26. The van der Waals surface area contributed by atoms with E-state index in [9.17, 15) is 4.39 Å². The smallest absolute Gasteiger partial charge is 0.205 e. The molecule has 0 amide bonds. The first-order chi connectivity index (χ1) is 21.0. The van der Waals surface area contributed by atoms with Crippen molar-refractivity contribution in [2.45, 2.75) is 32.2 Å². The molecule has 0 spiro atoms. The lowest BCUT2D eigenvalue weighted by atomic mass is 10.1. The van der Waals surface area contributed by atoms with Gasteiger partial charge in [-0.2, -0.15) is 0 Å². The van der Waals surface area contributed by atoms with Gasteiger partial charge in [0.25, 0.3) is 0 Å². The zero-order chi connectivity index (χ0) is 29.8. The van der Waals surface area contributed by atoms with E-state index in [0.717, 1.165) is 47.9 Å². The molecule has 0 saturated heterocycles. The first-order valence-corrected chi connectivity index (χ1v) is 15.4. The Kier molecular flexibility index (Phi) is 8.95. The molecular formula is C33H32ClFN6OS. The number of fused-ring (bicyclic) bond motifs is 2. The first kappa shape index (κ1) is 29.2. The van der Waals surface area contributed by atoms with Crippen LogP contribution in [0.25, 0.3) is 31.8 Å². The standard InChI is InChI=1S/C19H21N3OS.C14H11ClFN3/c1-23-9-8-20-11-13-2-5-16(22-12-13)18-10-17-19(24-18)15(6-7-21-17)14-3-4-14;1-8-2-4-10(7-11(8)16)17-14-18-12-5-3-9(15)6-13(12)19-14/h2,5-7,10,12,14,20H,3-4,8-9,11H2,1H3;2-7H,1H3,(H2,17,18,19). The van der Waals surface area contributed by atoms with E-state index in [4.69, 9.17) is 16.3 Å². The van der Waals surface area contributed by atoms with Crippen LogP contribution < -0.4 is 10.6 Å². The van der Waals surface area contributed by atoms with Crippen molar-refractivity contribution >= 4 is 55.8 Å². The van der Waals surface area contributed by atoms with Gasteiger partial charge < -0.3 is 20.4 Å². The van der Waals surface area contributed by atoms with E-state index in [-0.39, 0.29) is 5.82 Å². The van der Waals surface area contributed by atoms with E-state index in [1.54, 1.807) is 38.3 Å². The third-order valence-corrected chi connectivity index (χ3v) is 8.66. The Labute approximate surface area is 258 Å². The first-order valence-electron chi connectivity index (χ1n) is 14.2. The number of imidazole rings is 1. The highest BCUT2D eigenvalue weighted by atomic mass is 35.5. The molecule has 2 aromatic carbocycles. The molecule has 4 heterocycles. The molecule has 0 bridgehead atoms. The molecule has 0 atom stereocenters. The normalized spacial score (nSPS) is 12.8. The molecule has 4 aromatic heterocycles. The van der Waals surface area contributed by atoms with Gasteiger partial charge in [-0.3, -0.25) is 9.97 Å². The number of rotatable bonds is 9. The molecule has 220 valence electrons. The molecular weight excluding hydrogens is 583 g/mol. The highest BCUT2D eigenvalue weighted by molar-refractivity contribution is 7.22. The molecule has 10 heteroatoms. The topological polar surface area (TPSA) is 87.8 Å². The summed E-state index contributed by atoms with van der Waals surface area (Å²) in [7, 11) is 1.71. The lowest BCUT2D eigenvalue weighted by molar-refractivity contribution is 0.199. The Morgan fingerprint density at radius 2 is 1.93 bits per heavy atom. The maximum Gasteiger partial charge on any atom is 0.205 e. The van der Waals surface area contributed by atoms with Crippen molar-refractivity contribution in [3.8, 4) is 10.6 Å². The fourth-order valence-electron chi connectivity index (χ4n) is 4.73. The molecule has 43 heavy (non-hydrogen) atoms. The van der Waals surface area contributed by atoms with Crippen LogP contribution in [0.5, 0.6) is 0 Å². The SMILES string of the molecule is COCCNCc1ccc(-c2cc3nccc(C4CC4)c3s2)nc1.Cc1ccc(Nc2nc3ccc(Cl)cc3[nH]2)cc1F. The zero-order valence-electron chi connectivity index (χ0n) is 24.0. The highest BCUT2D eigenvalue weighted by Crippen LogP contribution is 2.45. The van der Waals surface area contributed by atoms with Crippen LogP contribution in [0.15, 0.2) is 73.1 Å². The number of aromatic amines is 1. The lowest BCUT2D eigenvalue weighted by Crippen LogP contribution is -2.18. The van der Waals surface area contributed by atoms with E-state index >= 15 is 0 Å². The third kappa shape index (κ3) is 7.19. The summed E-state index contributed by atoms with van der Waals surface area (Å²) >= 11 is 7.73. The monoisotopic (exact) mass is 614 g/mol. The average molecular weight is 615 g/mol. The Bertz CT molecular complexity index is 1850. The van der Waals surface area contributed by atoms with Crippen molar-refractivity contribution in [3.63, 3.8) is 0 Å². The Morgan fingerprint density at radius 1 is 1.05 bits per heavy atom. The summed E-state index contributed by atoms with van der Waals surface area (Å²) in [6.07, 6.45) is 6.52. The summed E-state index contributed by atoms with van der Waals surface area (Å²) < 4.78 is 19.8. The summed E-state index contributed by atoms with van der Waals surface area (Å²) in [6.45, 7) is 4.12. The van der Waals surface area contributed by atoms with Crippen molar-refractivity contribution in [2.24, 2.45) is 0 Å². The minimum Gasteiger partial charge on any atom is -0.383 e. The fraction of sp³-hybridized carbons (Fsp3) is 0.242. The molecule has 0 radical (unpaired) electrons. The van der Waals surface area contributed by atoms with E-state index in [0.29, 0.717) is 22.2 Å². The van der Waals surface area contributed by atoms with Crippen molar-refractivity contribution in [1.29, 1.82) is 0 Å². The van der Waals surface area contributed by atoms with Crippen LogP contribution >= 0.6 is 22.9 Å². The van der Waals surface area contributed by atoms with Gasteiger partial charge in [-0.25, -0.2) is 9.37 Å². The summed E-state index contributed by atoms with van der Waals surface area (Å²) in [5.74, 6) is 1.06. The number of thiophene rings is 1. The van der Waals surface area contributed by atoms with Gasteiger partial charge in [0.2, 0.25) is 5.95 Å². The summed E-state index contributed by atoms with van der Waals surface area (Å²) in [4.78, 5) is 17.8. The number of pyridine rings is 2. The van der Waals surface area contributed by atoms with E-state index < -0.39 is 0 Å². The minimum atomic E-state index is -0.246. The fourth-order valence-corrected chi connectivity index (χ4v) is 6.09. The quantitative estimate of drug-likeness (QED) is 0.142. The molecule has 6 aromatic rings. The number of ether oxygens (including phenoxy) is 1. The van der Waals surface area contributed by atoms with Crippen molar-refractivity contribution < 1.29 is 9.13 Å². The van der Waals surface area contributed by atoms with Crippen molar-refractivity contribution in [1.82, 2.24) is 25.3 Å². The summed E-state index contributed by atoms with van der Waals surface area (Å²) in [6, 6.07) is 19.0. The maximum absolute atomic E-state index is 13.5. The second-order valence-corrected chi connectivity index (χ2v) is 12.0. The Balaban J connectivity index is 0.000000157. The summed E-state index contributed by atoms with van der Waals surface area (Å²) in [5.41, 5.74) is 7.69. The molecule has 0 unspecified atom stereocenters. The van der Waals surface area contributed by atoms with Crippen molar-refractivity contribution in [3.05, 3.63) is 101 Å². The molecule has 7 nitrogen and oxygen atoms in total. The molecule has 1 saturated carbocycles. The van der Waals surface area contributed by atoms with Gasteiger partial charge in [0.1, 0.15) is 5.82 Å². The number of nitrogens with one attached hydrogen (secondary N) is 3. The van der Waals surface area contributed by atoms with E-state index in [1.165, 1.54) is 39.6 Å². The van der Waals surface area contributed by atoms with Crippen LogP contribution in [0.1, 0.15) is 35.4 Å². The zero-order valence-corrected chi connectivity index (χ0v) is 25.5. The minimum absolute atomic E-state index is 0.246. The van der Waals surface area contributed by atoms with Crippen LogP contribution in [0.2, 0.25) is 5.02 Å². The van der Waals surface area contributed by atoms with Gasteiger partial charge in [0, 0.05) is 43.3 Å². The van der Waals surface area contributed by atoms with Gasteiger partial charge in [0.05, 0.1) is 38.4 Å². The third-order valence-electron chi connectivity index (χ3n) is 7.23. The van der Waals surface area contributed by atoms with E-state index in [2.05, 4.69) is 54.8 Å². The Hall–Kier alpha value is -3.89. The van der Waals surface area contributed by atoms with Crippen LogP contribution in [-0.4, -0.2) is 40.2 Å². The number of hydrogen-bond donors (Lipinski definition) is 3. The van der Waals surface area contributed by atoms with Gasteiger partial charge in [-0.05, 0) is 90.9 Å². The second kappa shape index (κ2) is 13.2. The largest absolute Gasteiger partial charge is 0.383 e. The number of aryl methyl sites for hydroxylation is 1. The number of benzene rings is 2. The van der Waals surface area contributed by atoms with Gasteiger partial charge >= 0.3 is 0 Å². The van der Waals surface area contributed by atoms with Gasteiger partial charge in [-0.15, -0.1) is 11.3 Å². The molecule has 3 N–H and O–H groups in total. The second-order valence-electron chi connectivity index (χ2n) is 10.6.